The second kappa shape index (κ2) is 8.86. The van der Waals surface area contributed by atoms with E-state index in [0.717, 1.165) is 17.9 Å². The molecule has 0 saturated carbocycles. The van der Waals surface area contributed by atoms with Gasteiger partial charge in [0.1, 0.15) is 5.75 Å². The van der Waals surface area contributed by atoms with Gasteiger partial charge in [-0.3, -0.25) is 4.79 Å². The van der Waals surface area contributed by atoms with E-state index < -0.39 is 0 Å². The maximum atomic E-state index is 11.1. The first-order valence-electron chi connectivity index (χ1n) is 6.57. The minimum absolute atomic E-state index is 0.137. The SMILES string of the molecule is CCOC(=O)CSCCCOc1ccc(C)c(C)c1. The molecule has 0 aromatic heterocycles. The molecule has 0 spiro atoms. The van der Waals surface area contributed by atoms with Crippen molar-refractivity contribution in [3.63, 3.8) is 0 Å². The molecule has 0 heterocycles. The molecule has 0 amide bonds. The van der Waals surface area contributed by atoms with Gasteiger partial charge in [-0.25, -0.2) is 0 Å². The molecule has 0 saturated heterocycles. The van der Waals surface area contributed by atoms with Gasteiger partial charge in [-0.2, -0.15) is 11.8 Å². The van der Waals surface area contributed by atoms with Crippen LogP contribution in [0.1, 0.15) is 24.5 Å². The molecule has 0 aliphatic rings. The molecule has 0 atom stereocenters. The van der Waals surface area contributed by atoms with Crippen LogP contribution in [0.4, 0.5) is 0 Å². The second-order valence-corrected chi connectivity index (χ2v) is 5.41. The maximum absolute atomic E-state index is 11.1. The third-order valence-electron chi connectivity index (χ3n) is 2.71. The summed E-state index contributed by atoms with van der Waals surface area (Å²) in [6, 6.07) is 6.12. The lowest BCUT2D eigenvalue weighted by molar-refractivity contribution is -0.139. The minimum atomic E-state index is -0.137. The highest BCUT2D eigenvalue weighted by Gasteiger charge is 2.01. The zero-order valence-corrected chi connectivity index (χ0v) is 12.7. The van der Waals surface area contributed by atoms with Gasteiger partial charge in [-0.15, -0.1) is 0 Å². The van der Waals surface area contributed by atoms with Crippen molar-refractivity contribution in [3.8, 4) is 5.75 Å². The number of carbonyl (C=O) groups excluding carboxylic acids is 1. The number of hydrogen-bond donors (Lipinski definition) is 0. The van der Waals surface area contributed by atoms with Gasteiger partial charge in [-0.05, 0) is 56.2 Å². The standard InChI is InChI=1S/C15H22O3S/c1-4-17-15(16)11-19-9-5-8-18-14-7-6-12(2)13(3)10-14/h6-7,10H,4-5,8-9,11H2,1-3H3. The zero-order chi connectivity index (χ0) is 14.1. The molecule has 0 bridgehead atoms. The van der Waals surface area contributed by atoms with Crippen LogP contribution in [-0.4, -0.2) is 30.7 Å². The van der Waals surface area contributed by atoms with Crippen molar-refractivity contribution in [3.05, 3.63) is 29.3 Å². The summed E-state index contributed by atoms with van der Waals surface area (Å²) < 4.78 is 10.5. The fourth-order valence-electron chi connectivity index (χ4n) is 1.51. The van der Waals surface area contributed by atoms with Crippen LogP contribution < -0.4 is 4.74 Å². The van der Waals surface area contributed by atoms with Crippen LogP contribution >= 0.6 is 11.8 Å². The molecule has 0 aliphatic heterocycles. The Hall–Kier alpha value is -1.16. The highest BCUT2D eigenvalue weighted by atomic mass is 32.2. The summed E-state index contributed by atoms with van der Waals surface area (Å²) in [6.45, 7) is 7.12. The Labute approximate surface area is 119 Å². The molecule has 0 N–H and O–H groups in total. The number of hydrogen-bond acceptors (Lipinski definition) is 4. The van der Waals surface area contributed by atoms with Crippen LogP contribution in [0.25, 0.3) is 0 Å². The van der Waals surface area contributed by atoms with E-state index in [1.807, 2.05) is 13.0 Å². The summed E-state index contributed by atoms with van der Waals surface area (Å²) in [7, 11) is 0. The van der Waals surface area contributed by atoms with Gasteiger partial charge in [0.25, 0.3) is 0 Å². The monoisotopic (exact) mass is 282 g/mol. The summed E-state index contributed by atoms with van der Waals surface area (Å²) >= 11 is 1.59. The molecule has 1 aromatic carbocycles. The number of aryl methyl sites for hydroxylation is 2. The first kappa shape index (κ1) is 15.9. The van der Waals surface area contributed by atoms with Gasteiger partial charge in [0.05, 0.1) is 19.0 Å². The van der Waals surface area contributed by atoms with Gasteiger partial charge in [0.15, 0.2) is 0 Å². The van der Waals surface area contributed by atoms with Crippen molar-refractivity contribution in [2.75, 3.05) is 24.7 Å². The summed E-state index contributed by atoms with van der Waals surface area (Å²) in [6.07, 6.45) is 0.928. The third kappa shape index (κ3) is 6.53. The van der Waals surface area contributed by atoms with Crippen molar-refractivity contribution in [2.45, 2.75) is 27.2 Å². The largest absolute Gasteiger partial charge is 0.494 e. The average Bonchev–Trinajstić information content (AvgIpc) is 2.38. The van der Waals surface area contributed by atoms with Crippen molar-refractivity contribution >= 4 is 17.7 Å². The molecule has 106 valence electrons. The zero-order valence-electron chi connectivity index (χ0n) is 11.9. The Morgan fingerprint density at radius 3 is 2.74 bits per heavy atom. The minimum Gasteiger partial charge on any atom is -0.494 e. The van der Waals surface area contributed by atoms with E-state index in [-0.39, 0.29) is 5.97 Å². The normalized spacial score (nSPS) is 10.3. The Morgan fingerprint density at radius 1 is 1.26 bits per heavy atom. The number of thioether (sulfide) groups is 1. The highest BCUT2D eigenvalue weighted by molar-refractivity contribution is 7.99. The Morgan fingerprint density at radius 2 is 2.05 bits per heavy atom. The fourth-order valence-corrected chi connectivity index (χ4v) is 2.23. The fraction of sp³-hybridized carbons (Fsp3) is 0.533. The Kier molecular flexibility index (Phi) is 7.41. The Balaban J connectivity index is 2.10. The van der Waals surface area contributed by atoms with E-state index in [1.54, 1.807) is 11.8 Å². The van der Waals surface area contributed by atoms with Gasteiger partial charge < -0.3 is 9.47 Å². The highest BCUT2D eigenvalue weighted by Crippen LogP contribution is 2.16. The van der Waals surface area contributed by atoms with E-state index in [1.165, 1.54) is 11.1 Å². The molecule has 1 rings (SSSR count). The van der Waals surface area contributed by atoms with Crippen molar-refractivity contribution < 1.29 is 14.3 Å². The van der Waals surface area contributed by atoms with Crippen LogP contribution in [0.2, 0.25) is 0 Å². The molecule has 0 fully saturated rings. The molecular formula is C15H22O3S. The Bertz CT molecular complexity index is 404. The molecule has 4 heteroatoms. The quantitative estimate of drug-likeness (QED) is 0.541. The van der Waals surface area contributed by atoms with E-state index in [9.17, 15) is 4.79 Å². The van der Waals surface area contributed by atoms with Gasteiger partial charge in [-0.1, -0.05) is 6.07 Å². The molecule has 3 nitrogen and oxygen atoms in total. The van der Waals surface area contributed by atoms with Crippen LogP contribution in [-0.2, 0) is 9.53 Å². The predicted molar refractivity (Wildman–Crippen MR) is 80.0 cm³/mol. The summed E-state index contributed by atoms with van der Waals surface area (Å²) in [5.74, 6) is 2.11. The van der Waals surface area contributed by atoms with E-state index in [4.69, 9.17) is 9.47 Å². The van der Waals surface area contributed by atoms with Crippen LogP contribution in [0, 0.1) is 13.8 Å². The number of benzene rings is 1. The first-order chi connectivity index (χ1) is 9.13. The molecule has 0 unspecified atom stereocenters. The number of esters is 1. The smallest absolute Gasteiger partial charge is 0.315 e. The van der Waals surface area contributed by atoms with Crippen molar-refractivity contribution in [2.24, 2.45) is 0 Å². The van der Waals surface area contributed by atoms with E-state index >= 15 is 0 Å². The maximum Gasteiger partial charge on any atom is 0.315 e. The number of carbonyl (C=O) groups is 1. The topological polar surface area (TPSA) is 35.5 Å². The van der Waals surface area contributed by atoms with E-state index in [0.29, 0.717) is 19.0 Å². The molecule has 0 radical (unpaired) electrons. The lowest BCUT2D eigenvalue weighted by atomic mass is 10.1. The van der Waals surface area contributed by atoms with Crippen molar-refractivity contribution in [1.82, 2.24) is 0 Å². The van der Waals surface area contributed by atoms with Gasteiger partial charge >= 0.3 is 5.97 Å². The first-order valence-corrected chi connectivity index (χ1v) is 7.72. The van der Waals surface area contributed by atoms with Crippen molar-refractivity contribution in [1.29, 1.82) is 0 Å². The molecule has 0 aliphatic carbocycles. The van der Waals surface area contributed by atoms with Crippen LogP contribution in [0.15, 0.2) is 18.2 Å². The summed E-state index contributed by atoms with van der Waals surface area (Å²) in [4.78, 5) is 11.1. The average molecular weight is 282 g/mol. The summed E-state index contributed by atoms with van der Waals surface area (Å²) in [5.41, 5.74) is 2.52. The lowest BCUT2D eigenvalue weighted by Gasteiger charge is -2.08. The second-order valence-electron chi connectivity index (χ2n) is 4.31. The molecule has 1 aromatic rings. The predicted octanol–water partition coefficient (Wildman–Crippen LogP) is 3.37. The van der Waals surface area contributed by atoms with Gasteiger partial charge in [0.2, 0.25) is 0 Å². The molecule has 19 heavy (non-hydrogen) atoms. The van der Waals surface area contributed by atoms with Crippen LogP contribution in [0.3, 0.4) is 0 Å². The van der Waals surface area contributed by atoms with E-state index in [2.05, 4.69) is 26.0 Å². The lowest BCUT2D eigenvalue weighted by Crippen LogP contribution is -2.07. The summed E-state index contributed by atoms with van der Waals surface area (Å²) in [5, 5.41) is 0. The van der Waals surface area contributed by atoms with Crippen LogP contribution in [0.5, 0.6) is 5.75 Å². The van der Waals surface area contributed by atoms with Gasteiger partial charge in [0, 0.05) is 0 Å². The molecular weight excluding hydrogens is 260 g/mol. The number of rotatable bonds is 8. The number of ether oxygens (including phenoxy) is 2. The third-order valence-corrected chi connectivity index (χ3v) is 3.72.